The maximum atomic E-state index is 14.1. The minimum absolute atomic E-state index is 0.00447. The van der Waals surface area contributed by atoms with Crippen LogP contribution in [0.4, 0.5) is 5.69 Å². The number of amides is 3. The van der Waals surface area contributed by atoms with Crippen LogP contribution >= 0.6 is 11.3 Å². The summed E-state index contributed by atoms with van der Waals surface area (Å²) in [5.74, 6) is -0.622. The average molecular weight is 539 g/mol. The van der Waals surface area contributed by atoms with Crippen molar-refractivity contribution in [1.82, 2.24) is 4.90 Å². The number of hydrogen-bond donors (Lipinski definition) is 0. The van der Waals surface area contributed by atoms with E-state index in [4.69, 9.17) is 4.74 Å². The van der Waals surface area contributed by atoms with Crippen molar-refractivity contribution >= 4 is 40.7 Å². The monoisotopic (exact) mass is 538 g/mol. The Bertz CT molecular complexity index is 1200. The van der Waals surface area contributed by atoms with Gasteiger partial charge in [0.25, 0.3) is 11.8 Å². The zero-order valence-electron chi connectivity index (χ0n) is 23.2. The fourth-order valence-corrected chi connectivity index (χ4v) is 6.46. The van der Waals surface area contributed by atoms with Crippen LogP contribution in [0.1, 0.15) is 102 Å². The van der Waals surface area contributed by atoms with Crippen LogP contribution in [0.15, 0.2) is 30.3 Å². The van der Waals surface area contributed by atoms with Gasteiger partial charge in [0.1, 0.15) is 4.88 Å². The Labute approximate surface area is 229 Å². The van der Waals surface area contributed by atoms with Crippen molar-refractivity contribution in [3.63, 3.8) is 0 Å². The molecule has 3 amide bonds. The van der Waals surface area contributed by atoms with Gasteiger partial charge in [0.15, 0.2) is 0 Å². The van der Waals surface area contributed by atoms with Crippen LogP contribution in [0.3, 0.4) is 0 Å². The molecule has 1 aromatic carbocycles. The molecule has 204 valence electrons. The molecule has 1 aromatic heterocycles. The summed E-state index contributed by atoms with van der Waals surface area (Å²) in [6.07, 6.45) is 4.00. The number of carbonyl (C=O) groups excluding carboxylic acids is 4. The highest BCUT2D eigenvalue weighted by atomic mass is 32.1. The van der Waals surface area contributed by atoms with Crippen molar-refractivity contribution in [3.05, 3.63) is 51.2 Å². The van der Waals surface area contributed by atoms with Crippen LogP contribution in [0.25, 0.3) is 0 Å². The first kappa shape index (κ1) is 28.0. The van der Waals surface area contributed by atoms with Crippen molar-refractivity contribution in [1.29, 1.82) is 0 Å². The molecular weight excluding hydrogens is 500 g/mol. The standard InChI is InChI=1S/C30H38N2O5S/c1-18-11-13-20(14-12-18)26(33)32(23-17-24(30(3,4)5)38-25(23)29(36)37-6)19(2)15-16-31-27(34)21-9-7-8-10-22(21)28(31)35/h7-10,17-20H,11-16H2,1-6H3/t18-,19-,20-/m0/s1. The number of nitrogens with zero attached hydrogens (tertiary/aromatic N) is 2. The zero-order chi connectivity index (χ0) is 27.8. The minimum atomic E-state index is -0.469. The van der Waals surface area contributed by atoms with Crippen LogP contribution < -0.4 is 4.90 Å². The number of fused-ring (bicyclic) bond motifs is 1. The molecule has 0 saturated heterocycles. The van der Waals surface area contributed by atoms with E-state index in [-0.39, 0.29) is 41.6 Å². The first-order valence-electron chi connectivity index (χ1n) is 13.4. The summed E-state index contributed by atoms with van der Waals surface area (Å²) >= 11 is 1.36. The first-order valence-corrected chi connectivity index (χ1v) is 14.3. The minimum Gasteiger partial charge on any atom is -0.465 e. The summed E-state index contributed by atoms with van der Waals surface area (Å²) in [7, 11) is 1.35. The smallest absolute Gasteiger partial charge is 0.350 e. The normalized spacial score (nSPS) is 20.3. The summed E-state index contributed by atoms with van der Waals surface area (Å²) in [5, 5.41) is 0. The van der Waals surface area contributed by atoms with E-state index >= 15 is 0 Å². The maximum Gasteiger partial charge on any atom is 0.350 e. The molecule has 1 fully saturated rings. The van der Waals surface area contributed by atoms with Crippen LogP contribution in [0.5, 0.6) is 0 Å². The second-order valence-corrected chi connectivity index (χ2v) is 12.7. The van der Waals surface area contributed by atoms with Gasteiger partial charge >= 0.3 is 5.97 Å². The van der Waals surface area contributed by atoms with E-state index in [0.29, 0.717) is 34.0 Å². The van der Waals surface area contributed by atoms with E-state index in [1.165, 1.54) is 23.3 Å². The topological polar surface area (TPSA) is 84.0 Å². The fourth-order valence-electron chi connectivity index (χ4n) is 5.33. The molecule has 1 atom stereocenters. The number of hydrogen-bond acceptors (Lipinski definition) is 6. The lowest BCUT2D eigenvalue weighted by Gasteiger charge is -2.35. The largest absolute Gasteiger partial charge is 0.465 e. The van der Waals surface area contributed by atoms with Gasteiger partial charge < -0.3 is 9.64 Å². The molecule has 0 unspecified atom stereocenters. The van der Waals surface area contributed by atoms with E-state index in [0.717, 1.165) is 30.6 Å². The summed E-state index contributed by atoms with van der Waals surface area (Å²) in [5.41, 5.74) is 1.17. The lowest BCUT2D eigenvalue weighted by molar-refractivity contribution is -0.124. The molecule has 2 aromatic rings. The summed E-state index contributed by atoms with van der Waals surface area (Å²) in [4.78, 5) is 57.2. The molecule has 2 aliphatic rings. The van der Waals surface area contributed by atoms with Gasteiger partial charge in [-0.05, 0) is 68.6 Å². The Kier molecular flexibility index (Phi) is 8.12. The summed E-state index contributed by atoms with van der Waals surface area (Å²) < 4.78 is 5.11. The molecular formula is C30H38N2O5S. The van der Waals surface area contributed by atoms with Crippen molar-refractivity contribution in [2.75, 3.05) is 18.6 Å². The number of thiophene rings is 1. The number of rotatable bonds is 7. The predicted molar refractivity (Wildman–Crippen MR) is 149 cm³/mol. The van der Waals surface area contributed by atoms with Crippen LogP contribution in [-0.2, 0) is 14.9 Å². The van der Waals surface area contributed by atoms with Crippen LogP contribution in [-0.4, -0.2) is 48.3 Å². The number of esters is 1. The Morgan fingerprint density at radius 3 is 2.18 bits per heavy atom. The van der Waals surface area contributed by atoms with Crippen LogP contribution in [0.2, 0.25) is 0 Å². The van der Waals surface area contributed by atoms with Crippen molar-refractivity contribution in [2.45, 2.75) is 78.2 Å². The summed E-state index contributed by atoms with van der Waals surface area (Å²) in [6, 6.07) is 8.43. The van der Waals surface area contributed by atoms with Gasteiger partial charge in [0.05, 0.1) is 23.9 Å². The number of ether oxygens (including phenoxy) is 1. The lowest BCUT2D eigenvalue weighted by Crippen LogP contribution is -2.45. The summed E-state index contributed by atoms with van der Waals surface area (Å²) in [6.45, 7) is 10.5. The number of methoxy groups -OCH3 is 1. The van der Waals surface area contributed by atoms with E-state index < -0.39 is 5.97 Å². The predicted octanol–water partition coefficient (Wildman–Crippen LogP) is 6.07. The van der Waals surface area contributed by atoms with Gasteiger partial charge in [-0.3, -0.25) is 19.3 Å². The van der Waals surface area contributed by atoms with Crippen molar-refractivity contribution in [3.8, 4) is 0 Å². The molecule has 1 aliphatic heterocycles. The molecule has 2 heterocycles. The Hall–Kier alpha value is -3.00. The molecule has 1 aliphatic carbocycles. The molecule has 0 radical (unpaired) electrons. The highest BCUT2D eigenvalue weighted by Crippen LogP contribution is 2.40. The van der Waals surface area contributed by atoms with Crippen molar-refractivity contribution < 1.29 is 23.9 Å². The van der Waals surface area contributed by atoms with Gasteiger partial charge in [-0.25, -0.2) is 4.79 Å². The third-order valence-electron chi connectivity index (χ3n) is 7.77. The Morgan fingerprint density at radius 1 is 1.08 bits per heavy atom. The Balaban J connectivity index is 1.66. The highest BCUT2D eigenvalue weighted by Gasteiger charge is 2.38. The second-order valence-electron chi connectivity index (χ2n) is 11.7. The Morgan fingerprint density at radius 2 is 1.66 bits per heavy atom. The molecule has 8 heteroatoms. The van der Waals surface area contributed by atoms with E-state index in [9.17, 15) is 19.2 Å². The van der Waals surface area contributed by atoms with Gasteiger partial charge in [-0.2, -0.15) is 0 Å². The molecule has 7 nitrogen and oxygen atoms in total. The van der Waals surface area contributed by atoms with Gasteiger partial charge in [0, 0.05) is 23.4 Å². The van der Waals surface area contributed by atoms with Crippen LogP contribution in [0, 0.1) is 11.8 Å². The average Bonchev–Trinajstić information content (AvgIpc) is 3.43. The number of benzene rings is 1. The number of anilines is 1. The molecule has 38 heavy (non-hydrogen) atoms. The van der Waals surface area contributed by atoms with E-state index in [1.54, 1.807) is 29.2 Å². The third-order valence-corrected chi connectivity index (χ3v) is 9.30. The quantitative estimate of drug-likeness (QED) is 0.316. The number of imide groups is 1. The molecule has 0 N–H and O–H groups in total. The van der Waals surface area contributed by atoms with Gasteiger partial charge in [-0.15, -0.1) is 11.3 Å². The van der Waals surface area contributed by atoms with Gasteiger partial charge in [-0.1, -0.05) is 39.8 Å². The van der Waals surface area contributed by atoms with E-state index in [2.05, 4.69) is 27.7 Å². The molecule has 1 saturated carbocycles. The highest BCUT2D eigenvalue weighted by molar-refractivity contribution is 7.14. The number of carbonyl (C=O) groups is 4. The van der Waals surface area contributed by atoms with Gasteiger partial charge in [0.2, 0.25) is 5.91 Å². The third kappa shape index (κ3) is 5.41. The maximum absolute atomic E-state index is 14.1. The molecule has 0 spiro atoms. The SMILES string of the molecule is COC(=O)c1sc(C(C)(C)C)cc1N(C(=O)[C@H]1CC[C@H](C)CC1)[C@@H](C)CCN1C(=O)c2ccccc2C1=O. The van der Waals surface area contributed by atoms with E-state index in [1.807, 2.05) is 13.0 Å². The second kappa shape index (κ2) is 11.0. The lowest BCUT2D eigenvalue weighted by atomic mass is 9.82. The molecule has 4 rings (SSSR count). The fraction of sp³-hybridized carbons (Fsp3) is 0.533. The zero-order valence-corrected chi connectivity index (χ0v) is 24.0. The first-order chi connectivity index (χ1) is 17.9. The van der Waals surface area contributed by atoms with Crippen molar-refractivity contribution in [2.24, 2.45) is 11.8 Å². The molecule has 0 bridgehead atoms.